The molecule has 158 valence electrons. The summed E-state index contributed by atoms with van der Waals surface area (Å²) < 4.78 is 27.8. The molecule has 1 N–H and O–H groups in total. The van der Waals surface area contributed by atoms with Crippen LogP contribution in [0.5, 0.6) is 0 Å². The monoisotopic (exact) mass is 436 g/mol. The molecule has 3 aromatic rings. The molecule has 1 aliphatic rings. The van der Waals surface area contributed by atoms with Crippen molar-refractivity contribution in [3.63, 3.8) is 0 Å². The van der Waals surface area contributed by atoms with Gasteiger partial charge in [-0.1, -0.05) is 37.3 Å². The molecule has 0 aliphatic carbocycles. The highest BCUT2D eigenvalue weighted by Gasteiger charge is 2.31. The predicted molar refractivity (Wildman–Crippen MR) is 117 cm³/mol. The van der Waals surface area contributed by atoms with Crippen LogP contribution in [0.4, 0.5) is 10.1 Å². The number of anilines is 1. The Labute approximate surface area is 182 Å². The van der Waals surface area contributed by atoms with Crippen molar-refractivity contribution in [2.75, 3.05) is 11.4 Å². The fourth-order valence-electron chi connectivity index (χ4n) is 3.50. The Morgan fingerprint density at radius 3 is 2.55 bits per heavy atom. The lowest BCUT2D eigenvalue weighted by molar-refractivity contribution is 0.0950. The Morgan fingerprint density at radius 2 is 1.77 bits per heavy atom. The molecule has 1 unspecified atom stereocenters. The van der Waals surface area contributed by atoms with Gasteiger partial charge in [0.1, 0.15) is 5.82 Å². The third-order valence-corrected chi connectivity index (χ3v) is 6.60. The summed E-state index contributed by atoms with van der Waals surface area (Å²) in [5.41, 5.74) is 1.31. The highest BCUT2D eigenvalue weighted by Crippen LogP contribution is 2.36. The van der Waals surface area contributed by atoms with Gasteiger partial charge in [0.15, 0.2) is 0 Å². The number of amides is 2. The smallest absolute Gasteiger partial charge is 0.259 e. The number of hydrogen-bond donors (Lipinski definition) is 1. The first-order valence-electron chi connectivity index (χ1n) is 9.99. The van der Waals surface area contributed by atoms with E-state index in [-0.39, 0.29) is 12.5 Å². The molecule has 1 aliphatic heterocycles. The fraction of sp³-hybridized carbons (Fsp3) is 0.167. The van der Waals surface area contributed by atoms with Gasteiger partial charge in [0.05, 0.1) is 38.4 Å². The third-order valence-electron chi connectivity index (χ3n) is 5.10. The van der Waals surface area contributed by atoms with Crippen LogP contribution in [0.2, 0.25) is 0 Å². The van der Waals surface area contributed by atoms with E-state index in [1.165, 1.54) is 11.0 Å². The van der Waals surface area contributed by atoms with Crippen molar-refractivity contribution in [3.05, 3.63) is 89.2 Å². The summed E-state index contributed by atoms with van der Waals surface area (Å²) in [6.45, 7) is 2.42. The Morgan fingerprint density at radius 1 is 1.03 bits per heavy atom. The van der Waals surface area contributed by atoms with Gasteiger partial charge in [0.25, 0.3) is 11.8 Å². The first-order valence-corrected chi connectivity index (χ1v) is 11.1. The summed E-state index contributed by atoms with van der Waals surface area (Å²) in [7, 11) is -1.63. The number of hydrogen-bond acceptors (Lipinski definition) is 3. The molecule has 0 aromatic heterocycles. The third kappa shape index (κ3) is 4.01. The van der Waals surface area contributed by atoms with Crippen molar-refractivity contribution in [2.24, 2.45) is 0 Å². The van der Waals surface area contributed by atoms with Gasteiger partial charge in [-0.3, -0.25) is 9.59 Å². The Kier molecular flexibility index (Phi) is 5.95. The molecule has 5 nitrogen and oxygen atoms in total. The predicted octanol–water partition coefficient (Wildman–Crippen LogP) is 4.29. The van der Waals surface area contributed by atoms with Crippen molar-refractivity contribution in [1.82, 2.24) is 5.32 Å². The van der Waals surface area contributed by atoms with E-state index in [4.69, 9.17) is 0 Å². The molecule has 31 heavy (non-hydrogen) atoms. The second-order valence-electron chi connectivity index (χ2n) is 7.19. The number of nitrogens with zero attached hydrogens (tertiary/aromatic N) is 1. The van der Waals surface area contributed by atoms with Crippen LogP contribution >= 0.6 is 0 Å². The average molecular weight is 437 g/mol. The maximum absolute atomic E-state index is 14.4. The van der Waals surface area contributed by atoms with E-state index in [0.717, 1.165) is 6.42 Å². The van der Waals surface area contributed by atoms with Crippen LogP contribution in [-0.4, -0.2) is 22.6 Å². The standard InChI is InChI=1S/C24H21FN2O3S/c1-2-13-26-23(28)16-11-12-22-20(14-16)27(15-17-7-3-5-9-19(17)25)24(29)18-8-4-6-10-21(18)31(22)30/h3-12,14H,2,13,15H2,1H3,(H,26,28). The molecular weight excluding hydrogens is 415 g/mol. The molecule has 2 amide bonds. The van der Waals surface area contributed by atoms with E-state index < -0.39 is 22.5 Å². The van der Waals surface area contributed by atoms with Crippen LogP contribution in [0.25, 0.3) is 0 Å². The molecule has 3 aromatic carbocycles. The largest absolute Gasteiger partial charge is 0.352 e. The van der Waals surface area contributed by atoms with E-state index in [2.05, 4.69) is 5.32 Å². The first kappa shape index (κ1) is 20.9. The van der Waals surface area contributed by atoms with Crippen molar-refractivity contribution < 1.29 is 18.2 Å². The zero-order valence-corrected chi connectivity index (χ0v) is 17.7. The van der Waals surface area contributed by atoms with Crippen LogP contribution < -0.4 is 10.2 Å². The van der Waals surface area contributed by atoms with Crippen LogP contribution in [0.3, 0.4) is 0 Å². The number of carbonyl (C=O) groups excluding carboxylic acids is 2. The number of rotatable bonds is 5. The maximum atomic E-state index is 14.4. The molecule has 0 radical (unpaired) electrons. The summed E-state index contributed by atoms with van der Waals surface area (Å²) in [6.07, 6.45) is 0.786. The minimum Gasteiger partial charge on any atom is -0.352 e. The molecule has 0 spiro atoms. The van der Waals surface area contributed by atoms with Crippen LogP contribution in [0.1, 0.15) is 39.6 Å². The molecule has 0 saturated carbocycles. The minimum absolute atomic E-state index is 0.0515. The zero-order valence-electron chi connectivity index (χ0n) is 16.9. The van der Waals surface area contributed by atoms with Gasteiger partial charge < -0.3 is 10.2 Å². The van der Waals surface area contributed by atoms with Gasteiger partial charge in [-0.05, 0) is 42.8 Å². The maximum Gasteiger partial charge on any atom is 0.259 e. The lowest BCUT2D eigenvalue weighted by atomic mass is 10.1. The number of halogens is 1. The van der Waals surface area contributed by atoms with Crippen molar-refractivity contribution in [2.45, 2.75) is 29.7 Å². The SMILES string of the molecule is CCCNC(=O)c1ccc2c(c1)N(Cc1ccccc1F)C(=O)c1ccccc1S2=O. The van der Waals surface area contributed by atoms with E-state index >= 15 is 0 Å². The van der Waals surface area contributed by atoms with E-state index in [9.17, 15) is 18.2 Å². The molecule has 1 heterocycles. The lowest BCUT2D eigenvalue weighted by Gasteiger charge is -2.24. The Hall–Kier alpha value is -3.32. The average Bonchev–Trinajstić information content (AvgIpc) is 2.88. The highest BCUT2D eigenvalue weighted by molar-refractivity contribution is 7.85. The number of carbonyl (C=O) groups is 2. The second-order valence-corrected chi connectivity index (χ2v) is 8.60. The number of fused-ring (bicyclic) bond motifs is 2. The summed E-state index contributed by atoms with van der Waals surface area (Å²) in [6, 6.07) is 17.7. The van der Waals surface area contributed by atoms with E-state index in [0.29, 0.717) is 38.7 Å². The summed E-state index contributed by atoms with van der Waals surface area (Å²) >= 11 is 0. The minimum atomic E-state index is -1.63. The van der Waals surface area contributed by atoms with Crippen molar-refractivity contribution in [1.29, 1.82) is 0 Å². The van der Waals surface area contributed by atoms with Gasteiger partial charge in [0.2, 0.25) is 0 Å². The zero-order chi connectivity index (χ0) is 22.0. The normalized spacial score (nSPS) is 15.1. The van der Waals surface area contributed by atoms with Gasteiger partial charge in [-0.25, -0.2) is 8.60 Å². The second kappa shape index (κ2) is 8.81. The Balaban J connectivity index is 1.87. The van der Waals surface area contributed by atoms with Gasteiger partial charge >= 0.3 is 0 Å². The molecular formula is C24H21FN2O3S. The molecule has 1 atom stereocenters. The molecule has 0 fully saturated rings. The first-order chi connectivity index (χ1) is 15.0. The topological polar surface area (TPSA) is 66.5 Å². The number of benzene rings is 3. The summed E-state index contributed by atoms with van der Waals surface area (Å²) in [5.74, 6) is -1.11. The quantitative estimate of drug-likeness (QED) is 0.649. The molecule has 0 bridgehead atoms. The molecule has 7 heteroatoms. The van der Waals surface area contributed by atoms with Crippen LogP contribution in [0, 0.1) is 5.82 Å². The lowest BCUT2D eigenvalue weighted by Crippen LogP contribution is -2.31. The van der Waals surface area contributed by atoms with Gasteiger partial charge in [-0.2, -0.15) is 0 Å². The summed E-state index contributed by atoms with van der Waals surface area (Å²) in [5, 5.41) is 2.81. The molecule has 0 saturated heterocycles. The van der Waals surface area contributed by atoms with Crippen LogP contribution in [0.15, 0.2) is 76.5 Å². The fourth-order valence-corrected chi connectivity index (χ4v) is 4.84. The van der Waals surface area contributed by atoms with Gasteiger partial charge in [0, 0.05) is 17.7 Å². The highest BCUT2D eigenvalue weighted by atomic mass is 32.2. The van der Waals surface area contributed by atoms with Gasteiger partial charge in [-0.15, -0.1) is 0 Å². The summed E-state index contributed by atoms with van der Waals surface area (Å²) in [4.78, 5) is 28.2. The van der Waals surface area contributed by atoms with E-state index in [1.807, 2.05) is 6.92 Å². The molecule has 4 rings (SSSR count). The van der Waals surface area contributed by atoms with Crippen LogP contribution in [-0.2, 0) is 17.3 Å². The number of nitrogens with one attached hydrogen (secondary N) is 1. The van der Waals surface area contributed by atoms with Crippen molar-refractivity contribution >= 4 is 28.3 Å². The van der Waals surface area contributed by atoms with E-state index in [1.54, 1.807) is 60.7 Å². The van der Waals surface area contributed by atoms with Crippen molar-refractivity contribution in [3.8, 4) is 0 Å². The Bertz CT molecular complexity index is 1190.